The minimum absolute atomic E-state index is 0.0929. The van der Waals surface area contributed by atoms with Crippen molar-refractivity contribution in [3.05, 3.63) is 74.1 Å². The topological polar surface area (TPSA) is 106 Å². The number of pyridine rings is 1. The second-order valence-corrected chi connectivity index (χ2v) is 8.52. The number of hydrogen-bond donors (Lipinski definition) is 2. The summed E-state index contributed by atoms with van der Waals surface area (Å²) in [6, 6.07) is 14.4. The second-order valence-electron chi connectivity index (χ2n) is 6.71. The molecule has 4 aromatic rings. The van der Waals surface area contributed by atoms with E-state index in [1.165, 1.54) is 6.07 Å². The Bertz CT molecular complexity index is 1370. The molecule has 148 valence electrons. The molecule has 4 N–H and O–H groups in total. The third kappa shape index (κ3) is 3.27. The van der Waals surface area contributed by atoms with Crippen LogP contribution in [0, 0.1) is 18.3 Å². The zero-order valence-electron chi connectivity index (χ0n) is 15.7. The molecule has 0 unspecified atom stereocenters. The zero-order valence-corrected chi connectivity index (χ0v) is 18.0. The molecule has 0 bridgehead atoms. The Balaban J connectivity index is 1.99. The summed E-state index contributed by atoms with van der Waals surface area (Å²) in [5, 5.41) is 10.9. The van der Waals surface area contributed by atoms with Gasteiger partial charge in [0.1, 0.15) is 27.2 Å². The number of thiophene rings is 1. The molecular weight excluding hydrogens is 439 g/mol. The molecule has 0 aliphatic carbocycles. The van der Waals surface area contributed by atoms with Gasteiger partial charge in [0.25, 0.3) is 0 Å². The molecule has 2 heterocycles. The molecule has 0 saturated heterocycles. The standard InChI is InChI=1S/C22H14Cl2N4OS/c1-10-2-4-11(5-3-10)16-13(9-25)21(27)28-22-17(16)18(26)20(30-22)19(29)12-6-7-14(23)15(24)8-12/h2-8H,26H2,1H3,(H2,27,28). The lowest BCUT2D eigenvalue weighted by atomic mass is 9.96. The number of carbonyl (C=O) groups is 1. The first-order valence-corrected chi connectivity index (χ1v) is 10.4. The van der Waals surface area contributed by atoms with Gasteiger partial charge in [0.05, 0.1) is 15.7 Å². The molecule has 0 aliphatic heterocycles. The SMILES string of the molecule is Cc1ccc(-c2c(C#N)c(N)nc3sc(C(=O)c4ccc(Cl)c(Cl)c4)c(N)c23)cc1. The van der Waals surface area contributed by atoms with Crippen molar-refractivity contribution in [2.75, 3.05) is 11.5 Å². The normalized spacial score (nSPS) is 10.9. The van der Waals surface area contributed by atoms with Crippen LogP contribution in [0.3, 0.4) is 0 Å². The van der Waals surface area contributed by atoms with E-state index in [4.69, 9.17) is 34.7 Å². The number of ketones is 1. The van der Waals surface area contributed by atoms with Crippen molar-refractivity contribution in [2.24, 2.45) is 0 Å². The smallest absolute Gasteiger partial charge is 0.205 e. The molecular formula is C22H14Cl2N4OS. The van der Waals surface area contributed by atoms with E-state index in [0.29, 0.717) is 31.2 Å². The molecule has 0 amide bonds. The molecule has 0 fully saturated rings. The van der Waals surface area contributed by atoms with Gasteiger partial charge < -0.3 is 11.5 Å². The lowest BCUT2D eigenvalue weighted by molar-refractivity contribution is 0.104. The number of aromatic nitrogens is 1. The Kier molecular flexibility index (Phi) is 5.12. The van der Waals surface area contributed by atoms with E-state index in [-0.39, 0.29) is 27.9 Å². The molecule has 8 heteroatoms. The summed E-state index contributed by atoms with van der Waals surface area (Å²) in [5.74, 6) is -0.212. The van der Waals surface area contributed by atoms with Gasteiger partial charge in [0.15, 0.2) is 0 Å². The molecule has 0 radical (unpaired) electrons. The number of hydrogen-bond acceptors (Lipinski definition) is 6. The number of nitriles is 1. The van der Waals surface area contributed by atoms with Crippen LogP contribution in [0.15, 0.2) is 42.5 Å². The van der Waals surface area contributed by atoms with Gasteiger partial charge in [-0.15, -0.1) is 11.3 Å². The van der Waals surface area contributed by atoms with Crippen LogP contribution in [0.1, 0.15) is 26.4 Å². The first kappa shape index (κ1) is 20.2. The van der Waals surface area contributed by atoms with Crippen molar-refractivity contribution in [1.29, 1.82) is 5.26 Å². The number of nitrogens with zero attached hydrogens (tertiary/aromatic N) is 2. The summed E-state index contributed by atoms with van der Waals surface area (Å²) in [6.45, 7) is 1.97. The number of nitrogen functional groups attached to an aromatic ring is 2. The van der Waals surface area contributed by atoms with Crippen LogP contribution in [-0.4, -0.2) is 10.8 Å². The van der Waals surface area contributed by atoms with Crippen molar-refractivity contribution >= 4 is 62.0 Å². The maximum atomic E-state index is 13.1. The first-order chi connectivity index (χ1) is 14.3. The summed E-state index contributed by atoms with van der Waals surface area (Å²) < 4.78 is 0. The molecule has 30 heavy (non-hydrogen) atoms. The highest BCUT2D eigenvalue weighted by atomic mass is 35.5. The van der Waals surface area contributed by atoms with Gasteiger partial charge in [-0.25, -0.2) is 4.98 Å². The summed E-state index contributed by atoms with van der Waals surface area (Å²) in [7, 11) is 0. The van der Waals surface area contributed by atoms with Crippen molar-refractivity contribution in [3.63, 3.8) is 0 Å². The summed E-state index contributed by atoms with van der Waals surface area (Å²) >= 11 is 13.2. The van der Waals surface area contributed by atoms with Gasteiger partial charge in [0.2, 0.25) is 5.78 Å². The van der Waals surface area contributed by atoms with Crippen LogP contribution < -0.4 is 11.5 Å². The summed E-state index contributed by atoms with van der Waals surface area (Å²) in [4.78, 5) is 18.3. The minimum atomic E-state index is -0.305. The number of fused-ring (bicyclic) bond motifs is 1. The van der Waals surface area contributed by atoms with Crippen LogP contribution >= 0.6 is 34.5 Å². The molecule has 0 spiro atoms. The van der Waals surface area contributed by atoms with Gasteiger partial charge in [0, 0.05) is 16.5 Å². The van der Waals surface area contributed by atoms with E-state index in [0.717, 1.165) is 22.5 Å². The Morgan fingerprint density at radius 3 is 2.43 bits per heavy atom. The molecule has 4 rings (SSSR count). The maximum absolute atomic E-state index is 13.1. The van der Waals surface area contributed by atoms with E-state index >= 15 is 0 Å². The highest BCUT2D eigenvalue weighted by Gasteiger charge is 2.25. The third-order valence-corrected chi connectivity index (χ3v) is 6.58. The summed E-state index contributed by atoms with van der Waals surface area (Å²) in [6.07, 6.45) is 0. The first-order valence-electron chi connectivity index (χ1n) is 8.80. The van der Waals surface area contributed by atoms with Crippen molar-refractivity contribution in [3.8, 4) is 17.2 Å². The molecule has 2 aromatic heterocycles. The number of carbonyl (C=O) groups excluding carboxylic acids is 1. The molecule has 0 atom stereocenters. The predicted octanol–water partition coefficient (Wildman–Crippen LogP) is 5.85. The fraction of sp³-hybridized carbons (Fsp3) is 0.0455. The maximum Gasteiger partial charge on any atom is 0.205 e. The Hall–Kier alpha value is -3.11. The van der Waals surface area contributed by atoms with Crippen LogP contribution in [0.2, 0.25) is 10.0 Å². The van der Waals surface area contributed by atoms with Gasteiger partial charge in [-0.2, -0.15) is 5.26 Å². The highest BCUT2D eigenvalue weighted by Crippen LogP contribution is 2.43. The Labute approximate surface area is 186 Å². The predicted molar refractivity (Wildman–Crippen MR) is 123 cm³/mol. The Morgan fingerprint density at radius 1 is 1.10 bits per heavy atom. The minimum Gasteiger partial charge on any atom is -0.397 e. The van der Waals surface area contributed by atoms with Gasteiger partial charge in [-0.3, -0.25) is 4.79 Å². The second kappa shape index (κ2) is 7.62. The van der Waals surface area contributed by atoms with E-state index in [1.807, 2.05) is 31.2 Å². The largest absolute Gasteiger partial charge is 0.397 e. The highest BCUT2D eigenvalue weighted by molar-refractivity contribution is 7.21. The van der Waals surface area contributed by atoms with E-state index < -0.39 is 0 Å². The van der Waals surface area contributed by atoms with Crippen LogP contribution in [0.25, 0.3) is 21.3 Å². The van der Waals surface area contributed by atoms with Crippen molar-refractivity contribution < 1.29 is 4.79 Å². The van der Waals surface area contributed by atoms with Gasteiger partial charge >= 0.3 is 0 Å². The number of nitrogens with two attached hydrogens (primary N) is 2. The van der Waals surface area contributed by atoms with Gasteiger partial charge in [-0.05, 0) is 30.7 Å². The number of rotatable bonds is 3. The molecule has 2 aromatic carbocycles. The third-order valence-electron chi connectivity index (χ3n) is 4.74. The molecule has 0 aliphatic rings. The molecule has 0 saturated carbocycles. The molecule has 5 nitrogen and oxygen atoms in total. The number of halogens is 2. The lowest BCUT2D eigenvalue weighted by Crippen LogP contribution is -2.03. The number of aryl methyl sites for hydroxylation is 1. The monoisotopic (exact) mass is 452 g/mol. The van der Waals surface area contributed by atoms with Crippen molar-refractivity contribution in [2.45, 2.75) is 6.92 Å². The van der Waals surface area contributed by atoms with Crippen LogP contribution in [-0.2, 0) is 0 Å². The zero-order chi connectivity index (χ0) is 21.6. The van der Waals surface area contributed by atoms with E-state index in [2.05, 4.69) is 11.1 Å². The quantitative estimate of drug-likeness (QED) is 0.379. The van der Waals surface area contributed by atoms with Crippen LogP contribution in [0.5, 0.6) is 0 Å². The van der Waals surface area contributed by atoms with Crippen molar-refractivity contribution in [1.82, 2.24) is 4.98 Å². The number of benzene rings is 2. The van der Waals surface area contributed by atoms with Crippen LogP contribution in [0.4, 0.5) is 11.5 Å². The average Bonchev–Trinajstić information content (AvgIpc) is 3.05. The fourth-order valence-electron chi connectivity index (χ4n) is 3.23. The fourth-order valence-corrected chi connectivity index (χ4v) is 4.60. The van der Waals surface area contributed by atoms with Gasteiger partial charge in [-0.1, -0.05) is 53.0 Å². The number of anilines is 2. The average molecular weight is 453 g/mol. The van der Waals surface area contributed by atoms with E-state index in [9.17, 15) is 10.1 Å². The Morgan fingerprint density at radius 2 is 1.80 bits per heavy atom. The lowest BCUT2D eigenvalue weighted by Gasteiger charge is -2.10. The van der Waals surface area contributed by atoms with E-state index in [1.54, 1.807) is 12.1 Å². The summed E-state index contributed by atoms with van der Waals surface area (Å²) in [5.41, 5.74) is 15.7.